The zero-order valence-electron chi connectivity index (χ0n) is 12.2. The molecule has 5 heteroatoms. The lowest BCUT2D eigenvalue weighted by Gasteiger charge is -2.29. The van der Waals surface area contributed by atoms with Gasteiger partial charge in [-0.3, -0.25) is 4.72 Å². The Bertz CT molecular complexity index is 389. The fourth-order valence-electron chi connectivity index (χ4n) is 2.82. The van der Waals surface area contributed by atoms with Crippen molar-refractivity contribution in [2.24, 2.45) is 11.7 Å². The predicted octanol–water partition coefficient (Wildman–Crippen LogP) is 3.31. The molecule has 1 aromatic rings. The molecule has 0 bridgehead atoms. The Balaban J connectivity index is 1.77. The zero-order valence-corrected chi connectivity index (χ0v) is 13.8. The number of thiophene rings is 1. The summed E-state index contributed by atoms with van der Waals surface area (Å²) < 4.78 is 4.85. The van der Waals surface area contributed by atoms with Crippen molar-refractivity contribution in [3.05, 3.63) is 17.0 Å². The highest BCUT2D eigenvalue weighted by atomic mass is 32.2. The molecule has 114 valence electrons. The van der Waals surface area contributed by atoms with E-state index in [9.17, 15) is 5.11 Å². The van der Waals surface area contributed by atoms with Crippen LogP contribution in [0.2, 0.25) is 0 Å². The second kappa shape index (κ2) is 8.39. The molecule has 0 radical (unpaired) electrons. The number of aryl methyl sites for hydroxylation is 1. The monoisotopic (exact) mass is 314 g/mol. The average Bonchev–Trinajstić information content (AvgIpc) is 2.85. The third-order valence-electron chi connectivity index (χ3n) is 4.03. The first-order chi connectivity index (χ1) is 9.67. The van der Waals surface area contributed by atoms with Crippen molar-refractivity contribution >= 4 is 23.3 Å². The summed E-state index contributed by atoms with van der Waals surface area (Å²) in [5.41, 5.74) is 5.97. The molecule has 4 N–H and O–H groups in total. The molecule has 3 nitrogen and oxygen atoms in total. The number of aliphatic hydroxyl groups excluding tert-OH is 1. The van der Waals surface area contributed by atoms with Crippen molar-refractivity contribution in [2.75, 3.05) is 6.61 Å². The van der Waals surface area contributed by atoms with Gasteiger partial charge in [-0.25, -0.2) is 0 Å². The van der Waals surface area contributed by atoms with Gasteiger partial charge in [0.15, 0.2) is 0 Å². The molecule has 1 saturated carbocycles. The Morgan fingerprint density at radius 3 is 2.75 bits per heavy atom. The van der Waals surface area contributed by atoms with Crippen LogP contribution in [0.25, 0.3) is 0 Å². The van der Waals surface area contributed by atoms with Crippen LogP contribution in [0.15, 0.2) is 16.3 Å². The standard InChI is InChI=1S/C15H26N2OS2/c1-11-2-7-15(19-11)20-17-14(8-9-18)10-12-3-5-13(16)6-4-12/h2,7,12-14,17-18H,3-6,8-10,16H2,1H3. The van der Waals surface area contributed by atoms with Crippen molar-refractivity contribution in [1.82, 2.24) is 4.72 Å². The summed E-state index contributed by atoms with van der Waals surface area (Å²) >= 11 is 3.53. The van der Waals surface area contributed by atoms with Crippen LogP contribution in [0.3, 0.4) is 0 Å². The summed E-state index contributed by atoms with van der Waals surface area (Å²) in [5.74, 6) is 0.768. The van der Waals surface area contributed by atoms with Gasteiger partial charge in [0.1, 0.15) is 0 Å². The van der Waals surface area contributed by atoms with E-state index in [0.29, 0.717) is 12.1 Å². The first-order valence-corrected chi connectivity index (χ1v) is 9.16. The van der Waals surface area contributed by atoms with Crippen LogP contribution >= 0.6 is 23.3 Å². The van der Waals surface area contributed by atoms with E-state index >= 15 is 0 Å². The van der Waals surface area contributed by atoms with Crippen molar-refractivity contribution in [2.45, 2.75) is 61.7 Å². The number of hydrogen-bond donors (Lipinski definition) is 3. The Hall–Kier alpha value is -0.0700. The SMILES string of the molecule is Cc1ccc(SNC(CCO)CC2CCC(N)CC2)s1. The molecule has 1 heterocycles. The number of rotatable bonds is 7. The maximum atomic E-state index is 9.24. The summed E-state index contributed by atoms with van der Waals surface area (Å²) in [7, 11) is 0. The molecule has 1 atom stereocenters. The van der Waals surface area contributed by atoms with Gasteiger partial charge in [-0.05, 0) is 75.4 Å². The predicted molar refractivity (Wildman–Crippen MR) is 88.1 cm³/mol. The lowest BCUT2D eigenvalue weighted by molar-refractivity contribution is 0.241. The molecule has 1 fully saturated rings. The lowest BCUT2D eigenvalue weighted by Crippen LogP contribution is -2.31. The molecular formula is C15H26N2OS2. The summed E-state index contributed by atoms with van der Waals surface area (Å²) in [6, 6.07) is 5.12. The molecule has 0 amide bonds. The molecule has 0 aromatic carbocycles. The van der Waals surface area contributed by atoms with E-state index in [2.05, 4.69) is 23.8 Å². The summed E-state index contributed by atoms with van der Waals surface area (Å²) in [6.07, 6.45) is 6.80. The van der Waals surface area contributed by atoms with Crippen LogP contribution in [0, 0.1) is 12.8 Å². The van der Waals surface area contributed by atoms with Crippen LogP contribution in [0.5, 0.6) is 0 Å². The molecule has 1 unspecified atom stereocenters. The second-order valence-electron chi connectivity index (χ2n) is 5.81. The fourth-order valence-corrected chi connectivity index (χ4v) is 4.74. The van der Waals surface area contributed by atoms with Crippen LogP contribution in [0.1, 0.15) is 43.4 Å². The highest BCUT2D eigenvalue weighted by molar-refractivity contribution is 7.99. The van der Waals surface area contributed by atoms with E-state index in [0.717, 1.165) is 31.6 Å². The van der Waals surface area contributed by atoms with Gasteiger partial charge in [0.05, 0.1) is 4.21 Å². The summed E-state index contributed by atoms with van der Waals surface area (Å²) in [4.78, 5) is 1.34. The van der Waals surface area contributed by atoms with E-state index in [4.69, 9.17) is 5.73 Å². The minimum Gasteiger partial charge on any atom is -0.396 e. The van der Waals surface area contributed by atoms with Crippen LogP contribution in [-0.4, -0.2) is 23.8 Å². The Morgan fingerprint density at radius 1 is 1.40 bits per heavy atom. The van der Waals surface area contributed by atoms with E-state index in [1.165, 1.54) is 21.9 Å². The van der Waals surface area contributed by atoms with Gasteiger partial charge in [0, 0.05) is 23.6 Å². The Labute approximate surface area is 130 Å². The van der Waals surface area contributed by atoms with Crippen LogP contribution in [0.4, 0.5) is 0 Å². The maximum Gasteiger partial charge on any atom is 0.0754 e. The third-order valence-corrected chi connectivity index (χ3v) is 6.11. The molecule has 0 aliphatic heterocycles. The quantitative estimate of drug-likeness (QED) is 0.676. The summed E-state index contributed by atoms with van der Waals surface area (Å²) in [6.45, 7) is 2.39. The summed E-state index contributed by atoms with van der Waals surface area (Å²) in [5, 5.41) is 9.24. The second-order valence-corrected chi connectivity index (χ2v) is 8.24. The molecular weight excluding hydrogens is 288 g/mol. The maximum absolute atomic E-state index is 9.24. The van der Waals surface area contributed by atoms with Gasteiger partial charge in [-0.2, -0.15) is 0 Å². The number of nitrogens with two attached hydrogens (primary N) is 1. The van der Waals surface area contributed by atoms with E-state index in [1.807, 2.05) is 11.3 Å². The lowest BCUT2D eigenvalue weighted by atomic mass is 9.82. The van der Waals surface area contributed by atoms with Gasteiger partial charge in [0.2, 0.25) is 0 Å². The Kier molecular flexibility index (Phi) is 6.84. The fraction of sp³-hybridized carbons (Fsp3) is 0.733. The third kappa shape index (κ3) is 5.37. The van der Waals surface area contributed by atoms with Gasteiger partial charge >= 0.3 is 0 Å². The van der Waals surface area contributed by atoms with E-state index in [-0.39, 0.29) is 6.61 Å². The van der Waals surface area contributed by atoms with Gasteiger partial charge in [-0.1, -0.05) is 0 Å². The molecule has 1 aromatic heterocycles. The molecule has 2 rings (SSSR count). The van der Waals surface area contributed by atoms with Crippen molar-refractivity contribution in [3.8, 4) is 0 Å². The highest BCUT2D eigenvalue weighted by Gasteiger charge is 2.22. The zero-order chi connectivity index (χ0) is 14.4. The normalized spacial score (nSPS) is 24.8. The van der Waals surface area contributed by atoms with Crippen LogP contribution < -0.4 is 10.5 Å². The van der Waals surface area contributed by atoms with Crippen molar-refractivity contribution in [1.29, 1.82) is 0 Å². The molecule has 0 spiro atoms. The molecule has 20 heavy (non-hydrogen) atoms. The minimum absolute atomic E-state index is 0.258. The van der Waals surface area contributed by atoms with E-state index < -0.39 is 0 Å². The highest BCUT2D eigenvalue weighted by Crippen LogP contribution is 2.30. The first kappa shape index (κ1) is 16.3. The number of aliphatic hydroxyl groups is 1. The molecule has 1 aliphatic rings. The number of nitrogens with one attached hydrogen (secondary N) is 1. The topological polar surface area (TPSA) is 58.3 Å². The number of hydrogen-bond acceptors (Lipinski definition) is 5. The largest absolute Gasteiger partial charge is 0.396 e. The smallest absolute Gasteiger partial charge is 0.0754 e. The molecule has 0 saturated heterocycles. The minimum atomic E-state index is 0.258. The van der Waals surface area contributed by atoms with Crippen molar-refractivity contribution < 1.29 is 5.11 Å². The van der Waals surface area contributed by atoms with Crippen molar-refractivity contribution in [3.63, 3.8) is 0 Å². The van der Waals surface area contributed by atoms with Crippen LogP contribution in [-0.2, 0) is 0 Å². The van der Waals surface area contributed by atoms with E-state index in [1.54, 1.807) is 11.9 Å². The average molecular weight is 315 g/mol. The first-order valence-electron chi connectivity index (χ1n) is 7.52. The van der Waals surface area contributed by atoms with Gasteiger partial charge < -0.3 is 10.8 Å². The van der Waals surface area contributed by atoms with Gasteiger partial charge in [-0.15, -0.1) is 11.3 Å². The Morgan fingerprint density at radius 2 is 2.15 bits per heavy atom. The molecule has 1 aliphatic carbocycles. The van der Waals surface area contributed by atoms with Gasteiger partial charge in [0.25, 0.3) is 0 Å².